The van der Waals surface area contributed by atoms with Gasteiger partial charge in [0.2, 0.25) is 5.91 Å². The fourth-order valence-corrected chi connectivity index (χ4v) is 3.53. The van der Waals surface area contributed by atoms with E-state index >= 15 is 0 Å². The van der Waals surface area contributed by atoms with E-state index in [-0.39, 0.29) is 6.54 Å². The first-order valence-corrected chi connectivity index (χ1v) is 9.68. The number of halogens is 1. The molecule has 1 aliphatic heterocycles. The first kappa shape index (κ1) is 20.5. The molecule has 152 valence electrons. The Morgan fingerprint density at radius 3 is 2.17 bits per heavy atom. The van der Waals surface area contributed by atoms with Crippen LogP contribution in [-0.4, -0.2) is 35.3 Å². The molecule has 4 amide bonds. The monoisotopic (exact) mass is 397 g/mol. The van der Waals surface area contributed by atoms with Crippen LogP contribution in [0.4, 0.5) is 20.6 Å². The van der Waals surface area contributed by atoms with Crippen LogP contribution in [0.5, 0.6) is 0 Å². The van der Waals surface area contributed by atoms with E-state index in [9.17, 15) is 18.8 Å². The van der Waals surface area contributed by atoms with Crippen LogP contribution in [0.3, 0.4) is 0 Å². The van der Waals surface area contributed by atoms with Gasteiger partial charge in [0.25, 0.3) is 5.91 Å². The van der Waals surface area contributed by atoms with E-state index in [2.05, 4.69) is 5.32 Å². The van der Waals surface area contributed by atoms with Crippen molar-refractivity contribution in [3.05, 3.63) is 59.4 Å². The molecule has 29 heavy (non-hydrogen) atoms. The van der Waals surface area contributed by atoms with Crippen LogP contribution in [0, 0.1) is 5.82 Å². The molecule has 1 N–H and O–H groups in total. The number of amides is 4. The van der Waals surface area contributed by atoms with E-state index in [1.807, 2.05) is 32.0 Å². The summed E-state index contributed by atoms with van der Waals surface area (Å²) in [4.78, 5) is 40.3. The van der Waals surface area contributed by atoms with Gasteiger partial charge in [0.05, 0.1) is 0 Å². The average molecular weight is 397 g/mol. The largest absolute Gasteiger partial charge is 0.332 e. The molecule has 3 rings (SSSR count). The van der Waals surface area contributed by atoms with Crippen LogP contribution in [0.25, 0.3) is 0 Å². The molecule has 1 saturated heterocycles. The van der Waals surface area contributed by atoms with Gasteiger partial charge >= 0.3 is 6.03 Å². The molecule has 0 aromatic heterocycles. The highest BCUT2D eigenvalue weighted by Crippen LogP contribution is 2.27. The molecule has 1 heterocycles. The predicted octanol–water partition coefficient (Wildman–Crippen LogP) is 3.75. The predicted molar refractivity (Wildman–Crippen MR) is 109 cm³/mol. The van der Waals surface area contributed by atoms with Gasteiger partial charge in [-0.15, -0.1) is 0 Å². The highest BCUT2D eigenvalue weighted by Gasteiger charge is 2.44. The highest BCUT2D eigenvalue weighted by molar-refractivity contribution is 6.16. The summed E-state index contributed by atoms with van der Waals surface area (Å²) in [5.41, 5.74) is 3.14. The molecule has 0 spiro atoms. The first-order chi connectivity index (χ1) is 13.9. The normalized spacial score (nSPS) is 16.5. The molecule has 2 aromatic carbocycles. The Kier molecular flexibility index (Phi) is 5.96. The highest BCUT2D eigenvalue weighted by atomic mass is 19.1. The fraction of sp³-hybridized carbons (Fsp3) is 0.318. The number of hydrogen-bond acceptors (Lipinski definition) is 3. The Hall–Kier alpha value is -3.22. The summed E-state index contributed by atoms with van der Waals surface area (Å²) in [6.45, 7) is 5.21. The number of benzene rings is 2. The molecule has 1 unspecified atom stereocenters. The molecule has 1 fully saturated rings. The van der Waals surface area contributed by atoms with E-state index in [4.69, 9.17) is 0 Å². The minimum absolute atomic E-state index is 0.374. The third kappa shape index (κ3) is 3.99. The van der Waals surface area contributed by atoms with Crippen LogP contribution < -0.4 is 10.2 Å². The minimum atomic E-state index is -0.769. The van der Waals surface area contributed by atoms with Gasteiger partial charge < -0.3 is 5.32 Å². The van der Waals surface area contributed by atoms with Gasteiger partial charge in [0.1, 0.15) is 18.4 Å². The lowest BCUT2D eigenvalue weighted by atomic mass is 10.0. The maximum Gasteiger partial charge on any atom is 0.332 e. The van der Waals surface area contributed by atoms with Crippen molar-refractivity contribution >= 4 is 29.2 Å². The standard InChI is InChI=1S/C22H24FN3O3/c1-4-15-7-6-8-16(5-2)20(15)24-19(27)13-25-21(28)14(3)26(22(25)29)18-11-9-17(23)10-12-18/h6-12,14H,4-5,13H2,1-3H3,(H,24,27). The first-order valence-electron chi connectivity index (χ1n) is 9.68. The number of hydrogen-bond donors (Lipinski definition) is 1. The van der Waals surface area contributed by atoms with E-state index in [0.717, 1.165) is 34.6 Å². The summed E-state index contributed by atoms with van der Waals surface area (Å²) in [5, 5.41) is 2.87. The lowest BCUT2D eigenvalue weighted by Crippen LogP contribution is -2.39. The Bertz CT molecular complexity index is 921. The maximum absolute atomic E-state index is 13.2. The molecule has 1 atom stereocenters. The summed E-state index contributed by atoms with van der Waals surface area (Å²) in [5.74, 6) is -1.33. The summed E-state index contributed by atoms with van der Waals surface area (Å²) in [6.07, 6.45) is 1.50. The molecule has 7 heteroatoms. The molecule has 0 aliphatic carbocycles. The van der Waals surface area contributed by atoms with Crippen LogP contribution >= 0.6 is 0 Å². The third-order valence-electron chi connectivity index (χ3n) is 5.12. The van der Waals surface area contributed by atoms with Crippen LogP contribution in [-0.2, 0) is 22.4 Å². The smallest absolute Gasteiger partial charge is 0.324 e. The molecular weight excluding hydrogens is 373 g/mol. The Balaban J connectivity index is 1.78. The van der Waals surface area contributed by atoms with Gasteiger partial charge in [0, 0.05) is 11.4 Å². The van der Waals surface area contributed by atoms with Crippen molar-refractivity contribution in [2.75, 3.05) is 16.8 Å². The Morgan fingerprint density at radius 1 is 1.03 bits per heavy atom. The van der Waals surface area contributed by atoms with Crippen molar-refractivity contribution in [1.82, 2.24) is 4.90 Å². The zero-order valence-electron chi connectivity index (χ0n) is 16.7. The number of nitrogens with zero attached hydrogens (tertiary/aromatic N) is 2. The number of aryl methyl sites for hydroxylation is 2. The molecule has 0 saturated carbocycles. The van der Waals surface area contributed by atoms with E-state index in [1.54, 1.807) is 6.92 Å². The lowest BCUT2D eigenvalue weighted by Gasteiger charge is -2.19. The molecule has 0 radical (unpaired) electrons. The molecule has 0 bridgehead atoms. The molecule has 1 aliphatic rings. The van der Waals surface area contributed by atoms with Gasteiger partial charge in [-0.25, -0.2) is 9.18 Å². The number of imide groups is 1. The van der Waals surface area contributed by atoms with Gasteiger partial charge in [0.15, 0.2) is 0 Å². The van der Waals surface area contributed by atoms with Gasteiger partial charge in [-0.1, -0.05) is 32.0 Å². The van der Waals surface area contributed by atoms with Gasteiger partial charge in [-0.3, -0.25) is 19.4 Å². The second-order valence-electron chi connectivity index (χ2n) is 6.94. The number of para-hydroxylation sites is 1. The number of nitrogens with one attached hydrogen (secondary N) is 1. The quantitative estimate of drug-likeness (QED) is 0.755. The zero-order chi connectivity index (χ0) is 21.1. The van der Waals surface area contributed by atoms with Crippen molar-refractivity contribution in [2.45, 2.75) is 39.7 Å². The van der Waals surface area contributed by atoms with Crippen molar-refractivity contribution in [3.8, 4) is 0 Å². The number of carbonyl (C=O) groups is 3. The van der Waals surface area contributed by atoms with Crippen molar-refractivity contribution in [2.24, 2.45) is 0 Å². The second kappa shape index (κ2) is 8.43. The molecular formula is C22H24FN3O3. The Morgan fingerprint density at radius 2 is 1.62 bits per heavy atom. The number of rotatable bonds is 6. The summed E-state index contributed by atoms with van der Waals surface area (Å²) < 4.78 is 13.2. The third-order valence-corrected chi connectivity index (χ3v) is 5.12. The van der Waals surface area contributed by atoms with Crippen LogP contribution in [0.2, 0.25) is 0 Å². The minimum Gasteiger partial charge on any atom is -0.324 e. The fourth-order valence-electron chi connectivity index (χ4n) is 3.53. The van der Waals surface area contributed by atoms with E-state index < -0.39 is 29.7 Å². The number of urea groups is 1. The topological polar surface area (TPSA) is 69.7 Å². The summed E-state index contributed by atoms with van der Waals surface area (Å²) in [6, 6.07) is 9.80. The van der Waals surface area contributed by atoms with Crippen molar-refractivity contribution < 1.29 is 18.8 Å². The Labute approximate surface area is 169 Å². The van der Waals surface area contributed by atoms with Crippen molar-refractivity contribution in [3.63, 3.8) is 0 Å². The zero-order valence-corrected chi connectivity index (χ0v) is 16.7. The maximum atomic E-state index is 13.2. The summed E-state index contributed by atoms with van der Waals surface area (Å²) in [7, 11) is 0. The van der Waals surface area contributed by atoms with Crippen molar-refractivity contribution in [1.29, 1.82) is 0 Å². The number of carbonyl (C=O) groups excluding carboxylic acids is 3. The summed E-state index contributed by atoms with van der Waals surface area (Å²) >= 11 is 0. The second-order valence-corrected chi connectivity index (χ2v) is 6.94. The van der Waals surface area contributed by atoms with Gasteiger partial charge in [-0.2, -0.15) is 0 Å². The lowest BCUT2D eigenvalue weighted by molar-refractivity contribution is -0.130. The van der Waals surface area contributed by atoms with Gasteiger partial charge in [-0.05, 0) is 55.2 Å². The SMILES string of the molecule is CCc1cccc(CC)c1NC(=O)CN1C(=O)C(C)N(c2ccc(F)cc2)C1=O. The molecule has 2 aromatic rings. The average Bonchev–Trinajstić information content (AvgIpc) is 2.92. The van der Waals surface area contributed by atoms with E-state index in [0.29, 0.717) is 5.69 Å². The van der Waals surface area contributed by atoms with Crippen LogP contribution in [0.15, 0.2) is 42.5 Å². The van der Waals surface area contributed by atoms with Crippen LogP contribution in [0.1, 0.15) is 31.9 Å². The van der Waals surface area contributed by atoms with E-state index in [1.165, 1.54) is 29.2 Å². The number of anilines is 2. The molecule has 6 nitrogen and oxygen atoms in total.